The topological polar surface area (TPSA) is 86.4 Å². The Morgan fingerprint density at radius 1 is 1.03 bits per heavy atom. The van der Waals surface area contributed by atoms with Crippen LogP contribution in [0.2, 0.25) is 0 Å². The number of fused-ring (bicyclic) bond motifs is 2. The fraction of sp³-hybridized carbons (Fsp3) is 0.231. The van der Waals surface area contributed by atoms with Gasteiger partial charge in [-0.3, -0.25) is 14.4 Å². The molecule has 1 saturated heterocycles. The lowest BCUT2D eigenvalue weighted by Gasteiger charge is -2.24. The molecule has 5 rings (SSSR count). The van der Waals surface area contributed by atoms with Gasteiger partial charge in [0.2, 0.25) is 11.8 Å². The van der Waals surface area contributed by atoms with Crippen LogP contribution in [0.1, 0.15) is 19.2 Å². The number of carbonyl (C=O) groups is 2. The normalized spacial score (nSPS) is 16.0. The predicted molar refractivity (Wildman–Crippen MR) is 128 cm³/mol. The Labute approximate surface area is 190 Å². The number of para-hydroxylation sites is 1. The van der Waals surface area contributed by atoms with Crippen molar-refractivity contribution in [2.45, 2.75) is 19.9 Å². The largest absolute Gasteiger partial charge is 0.335 e. The van der Waals surface area contributed by atoms with Gasteiger partial charge >= 0.3 is 0 Å². The van der Waals surface area contributed by atoms with Crippen molar-refractivity contribution in [2.24, 2.45) is 5.92 Å². The number of H-pyrrole nitrogens is 1. The number of aromatic nitrogens is 2. The van der Waals surface area contributed by atoms with Crippen LogP contribution in [0.4, 0.5) is 5.69 Å². The van der Waals surface area contributed by atoms with Crippen LogP contribution < -0.4 is 10.5 Å². The highest BCUT2D eigenvalue weighted by molar-refractivity contribution is 6.07. The maximum Gasteiger partial charge on any atom is 0.258 e. The van der Waals surface area contributed by atoms with E-state index in [0.29, 0.717) is 29.8 Å². The fourth-order valence-corrected chi connectivity index (χ4v) is 4.54. The standard InChI is InChI=1S/C26H24N4O3/c1-2-29(16-23-27-21-12-6-5-11-20(21)25(32)28-23)26(33)18-14-24(31)30(15-18)22-13-7-9-17-8-3-4-10-19(17)22/h3-13,18H,2,14-16H2,1H3,(H,27,28,32)/t18-/m0/s1. The average Bonchev–Trinajstić information content (AvgIpc) is 3.23. The van der Waals surface area contributed by atoms with Crippen LogP contribution in [0.3, 0.4) is 0 Å². The Hall–Kier alpha value is -4.00. The van der Waals surface area contributed by atoms with E-state index in [0.717, 1.165) is 16.5 Å². The van der Waals surface area contributed by atoms with Gasteiger partial charge in [-0.15, -0.1) is 0 Å². The molecule has 0 radical (unpaired) electrons. The molecule has 2 amide bonds. The number of nitrogens with zero attached hydrogens (tertiary/aromatic N) is 3. The van der Waals surface area contributed by atoms with E-state index in [4.69, 9.17) is 0 Å². The number of anilines is 1. The van der Waals surface area contributed by atoms with Gasteiger partial charge in [-0.1, -0.05) is 48.5 Å². The zero-order chi connectivity index (χ0) is 22.9. The van der Waals surface area contributed by atoms with Gasteiger partial charge in [0.1, 0.15) is 5.82 Å². The molecule has 0 spiro atoms. The van der Waals surface area contributed by atoms with Crippen LogP contribution in [-0.4, -0.2) is 39.8 Å². The van der Waals surface area contributed by atoms with E-state index in [1.165, 1.54) is 0 Å². The molecular weight excluding hydrogens is 416 g/mol. The summed E-state index contributed by atoms with van der Waals surface area (Å²) in [5.74, 6) is -0.171. The number of benzene rings is 3. The smallest absolute Gasteiger partial charge is 0.258 e. The number of hydrogen-bond donors (Lipinski definition) is 1. The van der Waals surface area contributed by atoms with Crippen LogP contribution >= 0.6 is 0 Å². The van der Waals surface area contributed by atoms with Gasteiger partial charge in [0.05, 0.1) is 29.1 Å². The number of rotatable bonds is 5. The summed E-state index contributed by atoms with van der Waals surface area (Å²) in [5, 5.41) is 2.56. The molecule has 7 nitrogen and oxygen atoms in total. The lowest BCUT2D eigenvalue weighted by molar-refractivity contribution is -0.136. The van der Waals surface area contributed by atoms with Crippen molar-refractivity contribution in [1.82, 2.24) is 14.9 Å². The van der Waals surface area contributed by atoms with E-state index in [1.54, 1.807) is 28.0 Å². The first-order valence-electron chi connectivity index (χ1n) is 11.1. The second-order valence-corrected chi connectivity index (χ2v) is 8.29. The third-order valence-electron chi connectivity index (χ3n) is 6.23. The number of hydrogen-bond acceptors (Lipinski definition) is 4. The lowest BCUT2D eigenvalue weighted by atomic mass is 10.1. The molecule has 4 aromatic rings. The van der Waals surface area contributed by atoms with E-state index in [9.17, 15) is 14.4 Å². The average molecular weight is 441 g/mol. The van der Waals surface area contributed by atoms with Crippen molar-refractivity contribution in [3.8, 4) is 0 Å². The quantitative estimate of drug-likeness (QED) is 0.515. The van der Waals surface area contributed by atoms with E-state index in [1.807, 2.05) is 55.5 Å². The Kier molecular flexibility index (Phi) is 5.38. The Morgan fingerprint density at radius 3 is 2.58 bits per heavy atom. The zero-order valence-corrected chi connectivity index (χ0v) is 18.3. The van der Waals surface area contributed by atoms with Gasteiger partial charge in [-0.25, -0.2) is 4.98 Å². The Morgan fingerprint density at radius 2 is 1.76 bits per heavy atom. The molecule has 0 aliphatic carbocycles. The second-order valence-electron chi connectivity index (χ2n) is 8.29. The predicted octanol–water partition coefficient (Wildman–Crippen LogP) is 3.48. The molecule has 33 heavy (non-hydrogen) atoms. The number of nitrogens with one attached hydrogen (secondary N) is 1. The Bertz CT molecular complexity index is 1420. The summed E-state index contributed by atoms with van der Waals surface area (Å²) in [5.41, 5.74) is 1.20. The van der Waals surface area contributed by atoms with Crippen LogP contribution in [0.15, 0.2) is 71.5 Å². The minimum atomic E-state index is -0.441. The molecule has 1 fully saturated rings. The molecule has 1 atom stereocenters. The summed E-state index contributed by atoms with van der Waals surface area (Å²) in [6, 6.07) is 20.9. The molecule has 2 heterocycles. The summed E-state index contributed by atoms with van der Waals surface area (Å²) in [6.07, 6.45) is 0.167. The highest BCUT2D eigenvalue weighted by Crippen LogP contribution is 2.32. The second kappa shape index (κ2) is 8.50. The van der Waals surface area contributed by atoms with Crippen molar-refractivity contribution in [3.05, 3.63) is 82.9 Å². The minimum absolute atomic E-state index is 0.0574. The molecule has 1 aromatic heterocycles. The number of aromatic amines is 1. The third kappa shape index (κ3) is 3.86. The van der Waals surface area contributed by atoms with E-state index < -0.39 is 5.92 Å². The molecule has 0 bridgehead atoms. The van der Waals surface area contributed by atoms with Gasteiger partial charge in [0, 0.05) is 24.9 Å². The molecule has 7 heteroatoms. The van der Waals surface area contributed by atoms with Crippen LogP contribution in [0.5, 0.6) is 0 Å². The molecule has 0 saturated carbocycles. The molecule has 166 valence electrons. The van der Waals surface area contributed by atoms with Crippen molar-refractivity contribution >= 4 is 39.2 Å². The van der Waals surface area contributed by atoms with Crippen LogP contribution in [-0.2, 0) is 16.1 Å². The van der Waals surface area contributed by atoms with Crippen molar-refractivity contribution in [1.29, 1.82) is 0 Å². The first-order valence-corrected chi connectivity index (χ1v) is 11.1. The highest BCUT2D eigenvalue weighted by Gasteiger charge is 2.37. The van der Waals surface area contributed by atoms with E-state index >= 15 is 0 Å². The zero-order valence-electron chi connectivity index (χ0n) is 18.3. The summed E-state index contributed by atoms with van der Waals surface area (Å²) in [4.78, 5) is 49.3. The van der Waals surface area contributed by atoms with Gasteiger partial charge < -0.3 is 14.8 Å². The van der Waals surface area contributed by atoms with Gasteiger partial charge in [-0.2, -0.15) is 0 Å². The summed E-state index contributed by atoms with van der Waals surface area (Å²) < 4.78 is 0. The third-order valence-corrected chi connectivity index (χ3v) is 6.23. The molecule has 0 unspecified atom stereocenters. The summed E-state index contributed by atoms with van der Waals surface area (Å²) >= 11 is 0. The molecule has 1 aliphatic heterocycles. The van der Waals surface area contributed by atoms with Crippen LogP contribution in [0, 0.1) is 5.92 Å². The lowest BCUT2D eigenvalue weighted by Crippen LogP contribution is -2.37. The number of carbonyl (C=O) groups excluding carboxylic acids is 2. The first kappa shape index (κ1) is 20.9. The molecular formula is C26H24N4O3. The van der Waals surface area contributed by atoms with Gasteiger partial charge in [0.25, 0.3) is 5.56 Å². The van der Waals surface area contributed by atoms with Crippen molar-refractivity contribution < 1.29 is 9.59 Å². The highest BCUT2D eigenvalue weighted by atomic mass is 16.2. The first-order chi connectivity index (χ1) is 16.0. The van der Waals surface area contributed by atoms with Gasteiger partial charge in [0.15, 0.2) is 0 Å². The molecule has 1 N–H and O–H groups in total. The van der Waals surface area contributed by atoms with E-state index in [2.05, 4.69) is 9.97 Å². The van der Waals surface area contributed by atoms with Crippen LogP contribution in [0.25, 0.3) is 21.7 Å². The van der Waals surface area contributed by atoms with Gasteiger partial charge in [-0.05, 0) is 30.5 Å². The summed E-state index contributed by atoms with van der Waals surface area (Å²) in [7, 11) is 0. The monoisotopic (exact) mass is 440 g/mol. The van der Waals surface area contributed by atoms with Crippen molar-refractivity contribution in [2.75, 3.05) is 18.0 Å². The molecule has 1 aliphatic rings. The SMILES string of the molecule is CCN(Cc1nc2ccccc2c(=O)[nH]1)C(=O)[C@H]1CC(=O)N(c2cccc3ccccc23)C1. The molecule has 3 aromatic carbocycles. The maximum absolute atomic E-state index is 13.3. The van der Waals surface area contributed by atoms with E-state index in [-0.39, 0.29) is 30.3 Å². The minimum Gasteiger partial charge on any atom is -0.335 e. The Balaban J connectivity index is 1.37. The van der Waals surface area contributed by atoms with Crippen molar-refractivity contribution in [3.63, 3.8) is 0 Å². The maximum atomic E-state index is 13.3. The fourth-order valence-electron chi connectivity index (χ4n) is 4.54. The summed E-state index contributed by atoms with van der Waals surface area (Å²) in [6.45, 7) is 2.86. The number of amides is 2.